The summed E-state index contributed by atoms with van der Waals surface area (Å²) >= 11 is 0. The molecule has 2 aliphatic carbocycles. The molecule has 0 amide bonds. The van der Waals surface area contributed by atoms with Gasteiger partial charge in [0.25, 0.3) is 0 Å². The molecule has 0 unspecified atom stereocenters. The SMILES string of the molecule is [C-]#[N+]N(Cc1cc(C(F)(F)F)cc(C(F)(F)F)c1)Cc1cc2cccc(C(F)(F)F)c2nc1N(CC1CC1)CC1CC1. The molecule has 0 radical (unpaired) electrons. The number of aromatic nitrogens is 1. The number of fused-ring (bicyclic) bond motifs is 1. The number of rotatable bonds is 9. The summed E-state index contributed by atoms with van der Waals surface area (Å²) < 4.78 is 122. The van der Waals surface area contributed by atoms with Gasteiger partial charge in [-0.1, -0.05) is 12.1 Å². The van der Waals surface area contributed by atoms with Crippen molar-refractivity contribution in [2.75, 3.05) is 18.0 Å². The number of pyridine rings is 1. The van der Waals surface area contributed by atoms with Gasteiger partial charge in [0.2, 0.25) is 0 Å². The van der Waals surface area contributed by atoms with Crippen molar-refractivity contribution in [1.82, 2.24) is 9.99 Å². The van der Waals surface area contributed by atoms with Crippen LogP contribution in [0.4, 0.5) is 45.3 Å². The second-order valence-corrected chi connectivity index (χ2v) is 11.0. The van der Waals surface area contributed by atoms with Gasteiger partial charge < -0.3 is 4.90 Å². The topological polar surface area (TPSA) is 23.7 Å². The highest BCUT2D eigenvalue weighted by atomic mass is 19.4. The fraction of sp³-hybridized carbons (Fsp3) is 0.448. The van der Waals surface area contributed by atoms with E-state index in [0.29, 0.717) is 42.6 Å². The van der Waals surface area contributed by atoms with E-state index in [9.17, 15) is 39.5 Å². The Balaban J connectivity index is 1.55. The molecule has 5 rings (SSSR count). The van der Waals surface area contributed by atoms with E-state index in [1.54, 1.807) is 0 Å². The average Bonchev–Trinajstić information content (AvgIpc) is 3.82. The Labute approximate surface area is 235 Å². The minimum atomic E-state index is -5.04. The van der Waals surface area contributed by atoms with Gasteiger partial charge in [-0.05, 0) is 73.4 Å². The van der Waals surface area contributed by atoms with E-state index in [4.69, 9.17) is 6.57 Å². The Bertz CT molecular complexity index is 1450. The number of anilines is 1. The molecule has 0 bridgehead atoms. The van der Waals surface area contributed by atoms with Gasteiger partial charge in [-0.15, -0.1) is 5.01 Å². The number of hydrogen-bond acceptors (Lipinski definition) is 3. The molecule has 224 valence electrons. The molecule has 2 saturated carbocycles. The minimum absolute atomic E-state index is 0.0168. The molecule has 2 aromatic carbocycles. The Morgan fingerprint density at radius 2 is 1.33 bits per heavy atom. The van der Waals surface area contributed by atoms with Crippen molar-refractivity contribution in [2.45, 2.75) is 57.3 Å². The number of benzene rings is 2. The van der Waals surface area contributed by atoms with Gasteiger partial charge >= 0.3 is 18.5 Å². The Morgan fingerprint density at radius 3 is 1.81 bits per heavy atom. The molecule has 3 aromatic rings. The predicted molar refractivity (Wildman–Crippen MR) is 137 cm³/mol. The smallest absolute Gasteiger partial charge is 0.356 e. The summed E-state index contributed by atoms with van der Waals surface area (Å²) in [6, 6.07) is 6.23. The first kappa shape index (κ1) is 29.8. The third-order valence-corrected chi connectivity index (χ3v) is 7.36. The zero-order chi connectivity index (χ0) is 30.4. The highest BCUT2D eigenvalue weighted by Gasteiger charge is 2.38. The zero-order valence-corrected chi connectivity index (χ0v) is 22.0. The minimum Gasteiger partial charge on any atom is -0.356 e. The van der Waals surface area contributed by atoms with Crippen LogP contribution in [-0.2, 0) is 31.6 Å². The van der Waals surface area contributed by atoms with E-state index in [0.717, 1.165) is 36.8 Å². The van der Waals surface area contributed by atoms with Crippen LogP contribution in [0.3, 0.4) is 0 Å². The monoisotopic (exact) mass is 600 g/mol. The van der Waals surface area contributed by atoms with E-state index in [-0.39, 0.29) is 34.9 Å². The lowest BCUT2D eigenvalue weighted by molar-refractivity contribution is -0.143. The van der Waals surface area contributed by atoms with Crippen molar-refractivity contribution in [3.05, 3.63) is 81.8 Å². The molecule has 0 N–H and O–H groups in total. The Kier molecular flexibility index (Phi) is 7.70. The summed E-state index contributed by atoms with van der Waals surface area (Å²) in [5.74, 6) is 0.927. The normalized spacial score (nSPS) is 16.0. The molecule has 0 aliphatic heterocycles. The maximum absolute atomic E-state index is 13.9. The van der Waals surface area contributed by atoms with Crippen LogP contribution in [0.15, 0.2) is 42.5 Å². The van der Waals surface area contributed by atoms with Crippen molar-refractivity contribution >= 4 is 16.7 Å². The quantitative estimate of drug-likeness (QED) is 0.139. The Morgan fingerprint density at radius 1 is 0.762 bits per heavy atom. The molecule has 2 aliphatic rings. The van der Waals surface area contributed by atoms with Gasteiger partial charge in [0, 0.05) is 24.0 Å². The third-order valence-electron chi connectivity index (χ3n) is 7.36. The number of para-hydroxylation sites is 1. The van der Waals surface area contributed by atoms with Crippen molar-refractivity contribution in [3.8, 4) is 0 Å². The lowest BCUT2D eigenvalue weighted by atomic mass is 10.0. The van der Waals surface area contributed by atoms with Crippen molar-refractivity contribution in [1.29, 1.82) is 0 Å². The molecule has 4 nitrogen and oxygen atoms in total. The van der Waals surface area contributed by atoms with E-state index in [1.165, 1.54) is 18.2 Å². The molecule has 13 heteroatoms. The van der Waals surface area contributed by atoms with Crippen molar-refractivity contribution < 1.29 is 39.5 Å². The van der Waals surface area contributed by atoms with Crippen molar-refractivity contribution in [2.24, 2.45) is 11.8 Å². The van der Waals surface area contributed by atoms with Crippen LogP contribution in [0.5, 0.6) is 0 Å². The van der Waals surface area contributed by atoms with Crippen LogP contribution in [-0.4, -0.2) is 23.1 Å². The summed E-state index contributed by atoms with van der Waals surface area (Å²) in [4.78, 5) is 9.73. The number of alkyl halides is 9. The molecule has 0 saturated heterocycles. The number of hydrogen-bond donors (Lipinski definition) is 0. The van der Waals surface area contributed by atoms with E-state index in [1.807, 2.05) is 4.90 Å². The van der Waals surface area contributed by atoms with Gasteiger partial charge in [-0.25, -0.2) is 4.98 Å². The maximum atomic E-state index is 13.9. The molecule has 0 atom stereocenters. The van der Waals surface area contributed by atoms with Crippen LogP contribution < -0.4 is 4.90 Å². The first-order valence-electron chi connectivity index (χ1n) is 13.3. The first-order chi connectivity index (χ1) is 19.6. The highest BCUT2D eigenvalue weighted by Crippen LogP contribution is 2.40. The molecular weight excluding hydrogens is 575 g/mol. The van der Waals surface area contributed by atoms with Gasteiger partial charge in [0.1, 0.15) is 18.9 Å². The van der Waals surface area contributed by atoms with Crippen molar-refractivity contribution in [3.63, 3.8) is 0 Å². The molecular formula is C29H25F9N4. The summed E-state index contributed by atoms with van der Waals surface area (Å²) in [6.45, 7) is 7.89. The van der Waals surface area contributed by atoms with Crippen LogP contribution in [0.25, 0.3) is 15.9 Å². The lowest BCUT2D eigenvalue weighted by Crippen LogP contribution is -2.31. The van der Waals surface area contributed by atoms with Gasteiger partial charge in [-0.2, -0.15) is 51.0 Å². The molecule has 1 aromatic heterocycles. The Hall–Kier alpha value is -3.69. The first-order valence-corrected chi connectivity index (χ1v) is 13.3. The number of halogens is 9. The second kappa shape index (κ2) is 10.9. The van der Waals surface area contributed by atoms with Gasteiger partial charge in [0.15, 0.2) is 0 Å². The zero-order valence-electron chi connectivity index (χ0n) is 22.0. The van der Waals surface area contributed by atoms with Gasteiger partial charge in [-0.3, -0.25) is 0 Å². The van der Waals surface area contributed by atoms with E-state index >= 15 is 0 Å². The standard InChI is InChI=1S/C29H25F9N4/c1-39-42(15-19-9-22(27(30,31)32)12-23(10-19)28(33,34)35)16-21-11-20-3-2-4-24(29(36,37)38)25(20)40-26(21)41(13-17-5-6-17)14-18-7-8-18/h2-4,9-12,17-18H,5-8,13-16H2. The van der Waals surface area contributed by atoms with Crippen LogP contribution in [0.1, 0.15) is 53.5 Å². The summed E-state index contributed by atoms with van der Waals surface area (Å²) in [6.07, 6.45) is -10.9. The molecule has 1 heterocycles. The molecule has 0 spiro atoms. The van der Waals surface area contributed by atoms with Gasteiger partial charge in [0.05, 0.1) is 22.2 Å². The predicted octanol–water partition coefficient (Wildman–Crippen LogP) is 8.75. The van der Waals surface area contributed by atoms with Crippen LogP contribution in [0, 0.1) is 18.4 Å². The van der Waals surface area contributed by atoms with Crippen LogP contribution >= 0.6 is 0 Å². The molecule has 42 heavy (non-hydrogen) atoms. The summed E-state index contributed by atoms with van der Waals surface area (Å²) in [5, 5.41) is 1.12. The van der Waals surface area contributed by atoms with Crippen LogP contribution in [0.2, 0.25) is 0 Å². The third kappa shape index (κ3) is 7.02. The largest absolute Gasteiger partial charge is 0.418 e. The fourth-order valence-electron chi connectivity index (χ4n) is 4.97. The molecule has 2 fully saturated rings. The summed E-state index contributed by atoms with van der Waals surface area (Å²) in [7, 11) is 0. The maximum Gasteiger partial charge on any atom is 0.418 e. The second-order valence-electron chi connectivity index (χ2n) is 11.0. The van der Waals surface area contributed by atoms with E-state index in [2.05, 4.69) is 9.94 Å². The lowest BCUT2D eigenvalue weighted by Gasteiger charge is -2.27. The number of nitrogens with zero attached hydrogens (tertiary/aromatic N) is 4. The average molecular weight is 601 g/mol. The highest BCUT2D eigenvalue weighted by molar-refractivity contribution is 5.85. The van der Waals surface area contributed by atoms with E-state index < -0.39 is 41.8 Å². The fourth-order valence-corrected chi connectivity index (χ4v) is 4.97. The summed E-state index contributed by atoms with van der Waals surface area (Å²) in [5.41, 5.74) is -4.19.